The summed E-state index contributed by atoms with van der Waals surface area (Å²) in [5.74, 6) is 0.961. The first-order chi connectivity index (χ1) is 8.81. The average molecular weight is 249 g/mol. The van der Waals surface area contributed by atoms with E-state index >= 15 is 0 Å². The molecule has 3 heteroatoms. The Hall–Kier alpha value is -1.06. The number of nitrogens with one attached hydrogen (secondary N) is 1. The Balaban J connectivity index is 1.99. The van der Waals surface area contributed by atoms with Crippen molar-refractivity contribution in [1.82, 2.24) is 5.32 Å². The molecule has 1 aromatic carbocycles. The SMILES string of the molecule is COc1ccccc1C(C)NC1CCCOCC1. The number of benzene rings is 1. The van der Waals surface area contributed by atoms with E-state index in [0.717, 1.165) is 31.8 Å². The summed E-state index contributed by atoms with van der Waals surface area (Å²) in [7, 11) is 1.73. The molecule has 0 amide bonds. The minimum absolute atomic E-state index is 0.309. The highest BCUT2D eigenvalue weighted by atomic mass is 16.5. The molecule has 1 aliphatic rings. The van der Waals surface area contributed by atoms with Crippen LogP contribution in [0.4, 0.5) is 0 Å². The maximum Gasteiger partial charge on any atom is 0.123 e. The minimum atomic E-state index is 0.309. The number of hydrogen-bond donors (Lipinski definition) is 1. The molecule has 2 atom stereocenters. The lowest BCUT2D eigenvalue weighted by Crippen LogP contribution is -2.31. The van der Waals surface area contributed by atoms with Gasteiger partial charge in [0, 0.05) is 30.9 Å². The molecule has 0 aliphatic carbocycles. The van der Waals surface area contributed by atoms with Crippen molar-refractivity contribution in [3.63, 3.8) is 0 Å². The Morgan fingerprint density at radius 2 is 2.11 bits per heavy atom. The molecule has 0 bridgehead atoms. The monoisotopic (exact) mass is 249 g/mol. The predicted molar refractivity (Wildman–Crippen MR) is 73.0 cm³/mol. The third kappa shape index (κ3) is 3.47. The predicted octanol–water partition coefficient (Wildman–Crippen LogP) is 2.91. The molecular weight excluding hydrogens is 226 g/mol. The Morgan fingerprint density at radius 1 is 1.28 bits per heavy atom. The van der Waals surface area contributed by atoms with Crippen LogP contribution >= 0.6 is 0 Å². The summed E-state index contributed by atoms with van der Waals surface area (Å²) in [5.41, 5.74) is 1.23. The van der Waals surface area contributed by atoms with E-state index in [2.05, 4.69) is 24.4 Å². The lowest BCUT2D eigenvalue weighted by Gasteiger charge is -2.23. The molecular formula is C15H23NO2. The molecule has 0 radical (unpaired) electrons. The summed E-state index contributed by atoms with van der Waals surface area (Å²) in [5, 5.41) is 3.69. The van der Waals surface area contributed by atoms with E-state index < -0.39 is 0 Å². The molecule has 2 rings (SSSR count). The Kier molecular flexibility index (Phi) is 5.02. The number of para-hydroxylation sites is 1. The number of methoxy groups -OCH3 is 1. The minimum Gasteiger partial charge on any atom is -0.496 e. The van der Waals surface area contributed by atoms with Crippen molar-refractivity contribution in [2.45, 2.75) is 38.3 Å². The number of ether oxygens (including phenoxy) is 2. The molecule has 1 fully saturated rings. The Morgan fingerprint density at radius 3 is 2.94 bits per heavy atom. The number of rotatable bonds is 4. The van der Waals surface area contributed by atoms with Gasteiger partial charge in [0.05, 0.1) is 7.11 Å². The standard InChI is InChI=1S/C15H23NO2/c1-12(14-7-3-4-8-15(14)17-2)16-13-6-5-10-18-11-9-13/h3-4,7-8,12-13,16H,5-6,9-11H2,1-2H3. The van der Waals surface area contributed by atoms with Gasteiger partial charge < -0.3 is 14.8 Å². The van der Waals surface area contributed by atoms with E-state index in [0.29, 0.717) is 12.1 Å². The van der Waals surface area contributed by atoms with E-state index in [-0.39, 0.29) is 0 Å². The fourth-order valence-electron chi connectivity index (χ4n) is 2.54. The molecule has 100 valence electrons. The molecule has 1 saturated heterocycles. The molecule has 0 spiro atoms. The molecule has 2 unspecified atom stereocenters. The largest absolute Gasteiger partial charge is 0.496 e. The van der Waals surface area contributed by atoms with Crippen molar-refractivity contribution in [3.8, 4) is 5.75 Å². The van der Waals surface area contributed by atoms with Crippen LogP contribution in [0.1, 0.15) is 37.8 Å². The van der Waals surface area contributed by atoms with Gasteiger partial charge in [-0.1, -0.05) is 18.2 Å². The van der Waals surface area contributed by atoms with Gasteiger partial charge >= 0.3 is 0 Å². The molecule has 3 nitrogen and oxygen atoms in total. The summed E-state index contributed by atoms with van der Waals surface area (Å²) >= 11 is 0. The fourth-order valence-corrected chi connectivity index (χ4v) is 2.54. The van der Waals surface area contributed by atoms with Crippen molar-refractivity contribution >= 4 is 0 Å². The normalized spacial score (nSPS) is 22.2. The van der Waals surface area contributed by atoms with Crippen LogP contribution in [0.15, 0.2) is 24.3 Å². The zero-order valence-electron chi connectivity index (χ0n) is 11.3. The van der Waals surface area contributed by atoms with Crippen LogP contribution in [0.2, 0.25) is 0 Å². The highest BCUT2D eigenvalue weighted by Crippen LogP contribution is 2.25. The molecule has 1 aliphatic heterocycles. The van der Waals surface area contributed by atoms with Crippen LogP contribution in [-0.4, -0.2) is 26.4 Å². The molecule has 1 heterocycles. The first-order valence-corrected chi connectivity index (χ1v) is 6.78. The van der Waals surface area contributed by atoms with Gasteiger partial charge in [0.15, 0.2) is 0 Å². The van der Waals surface area contributed by atoms with Crippen LogP contribution < -0.4 is 10.1 Å². The van der Waals surface area contributed by atoms with Crippen molar-refractivity contribution in [2.24, 2.45) is 0 Å². The average Bonchev–Trinajstić information content (AvgIpc) is 2.67. The van der Waals surface area contributed by atoms with Crippen molar-refractivity contribution in [2.75, 3.05) is 20.3 Å². The van der Waals surface area contributed by atoms with Crippen molar-refractivity contribution < 1.29 is 9.47 Å². The highest BCUT2D eigenvalue weighted by Gasteiger charge is 2.17. The summed E-state index contributed by atoms with van der Waals surface area (Å²) in [6, 6.07) is 9.07. The van der Waals surface area contributed by atoms with E-state index in [9.17, 15) is 0 Å². The zero-order valence-corrected chi connectivity index (χ0v) is 11.3. The second-order valence-electron chi connectivity index (χ2n) is 4.87. The van der Waals surface area contributed by atoms with Crippen molar-refractivity contribution in [3.05, 3.63) is 29.8 Å². The second-order valence-corrected chi connectivity index (χ2v) is 4.87. The third-order valence-corrected chi connectivity index (χ3v) is 3.54. The first kappa shape index (κ1) is 13.4. The topological polar surface area (TPSA) is 30.5 Å². The van der Waals surface area contributed by atoms with Gasteiger partial charge in [0.25, 0.3) is 0 Å². The summed E-state index contributed by atoms with van der Waals surface area (Å²) in [4.78, 5) is 0. The number of hydrogen-bond acceptors (Lipinski definition) is 3. The summed E-state index contributed by atoms with van der Waals surface area (Å²) < 4.78 is 10.9. The fraction of sp³-hybridized carbons (Fsp3) is 0.600. The van der Waals surface area contributed by atoms with Gasteiger partial charge in [-0.05, 0) is 32.3 Å². The third-order valence-electron chi connectivity index (χ3n) is 3.54. The van der Waals surface area contributed by atoms with Gasteiger partial charge in [0.1, 0.15) is 5.75 Å². The van der Waals surface area contributed by atoms with E-state index in [1.165, 1.54) is 12.0 Å². The van der Waals surface area contributed by atoms with Gasteiger partial charge in [0.2, 0.25) is 0 Å². The summed E-state index contributed by atoms with van der Waals surface area (Å²) in [6.45, 7) is 3.97. The Labute approximate surface area is 109 Å². The van der Waals surface area contributed by atoms with Crippen LogP contribution in [-0.2, 0) is 4.74 Å². The van der Waals surface area contributed by atoms with Gasteiger partial charge in [-0.25, -0.2) is 0 Å². The molecule has 0 saturated carbocycles. The van der Waals surface area contributed by atoms with Gasteiger partial charge in [-0.3, -0.25) is 0 Å². The zero-order chi connectivity index (χ0) is 12.8. The van der Waals surface area contributed by atoms with E-state index in [1.807, 2.05) is 12.1 Å². The van der Waals surface area contributed by atoms with Gasteiger partial charge in [-0.2, -0.15) is 0 Å². The van der Waals surface area contributed by atoms with Crippen LogP contribution in [0.3, 0.4) is 0 Å². The maximum atomic E-state index is 5.49. The van der Waals surface area contributed by atoms with Crippen LogP contribution in [0.25, 0.3) is 0 Å². The molecule has 18 heavy (non-hydrogen) atoms. The highest BCUT2D eigenvalue weighted by molar-refractivity contribution is 5.35. The van der Waals surface area contributed by atoms with E-state index in [1.54, 1.807) is 7.11 Å². The van der Waals surface area contributed by atoms with Crippen molar-refractivity contribution in [1.29, 1.82) is 0 Å². The molecule has 1 aromatic rings. The van der Waals surface area contributed by atoms with Gasteiger partial charge in [-0.15, -0.1) is 0 Å². The van der Waals surface area contributed by atoms with Crippen LogP contribution in [0.5, 0.6) is 5.75 Å². The summed E-state index contributed by atoms with van der Waals surface area (Å²) in [6.07, 6.45) is 3.44. The molecule has 1 N–H and O–H groups in total. The molecule has 0 aromatic heterocycles. The maximum absolute atomic E-state index is 5.49. The van der Waals surface area contributed by atoms with Crippen LogP contribution in [0, 0.1) is 0 Å². The van der Waals surface area contributed by atoms with E-state index in [4.69, 9.17) is 9.47 Å². The lowest BCUT2D eigenvalue weighted by molar-refractivity contribution is 0.142. The Bertz CT molecular complexity index is 359. The second kappa shape index (κ2) is 6.76. The first-order valence-electron chi connectivity index (χ1n) is 6.78. The quantitative estimate of drug-likeness (QED) is 0.890. The lowest BCUT2D eigenvalue weighted by atomic mass is 10.0. The smallest absolute Gasteiger partial charge is 0.123 e.